The van der Waals surface area contributed by atoms with E-state index < -0.39 is 11.5 Å². The van der Waals surface area contributed by atoms with Gasteiger partial charge < -0.3 is 9.84 Å². The molecule has 1 aliphatic rings. The first-order chi connectivity index (χ1) is 12.5. The number of halogens is 1. The molecule has 4 rings (SSSR count). The largest absolute Gasteiger partial charge is 0.477 e. The van der Waals surface area contributed by atoms with Gasteiger partial charge in [0.25, 0.3) is 5.56 Å². The van der Waals surface area contributed by atoms with Crippen LogP contribution in [0.1, 0.15) is 27.4 Å². The number of carbonyl (C=O) groups is 1. The smallest absolute Gasteiger partial charge is 0.341 e. The van der Waals surface area contributed by atoms with Gasteiger partial charge in [-0.2, -0.15) is 0 Å². The number of hydrogen-bond donors (Lipinski definition) is 1. The average Bonchev–Trinajstić information content (AvgIpc) is 2.57. The maximum absolute atomic E-state index is 13.1. The summed E-state index contributed by atoms with van der Waals surface area (Å²) in [6.07, 6.45) is 1.69. The summed E-state index contributed by atoms with van der Waals surface area (Å²) in [5, 5.41) is 9.96. The zero-order valence-electron chi connectivity index (χ0n) is 13.7. The molecule has 0 unspecified atom stereocenters. The van der Waals surface area contributed by atoms with Gasteiger partial charge in [0.1, 0.15) is 17.0 Å². The van der Waals surface area contributed by atoms with E-state index in [0.717, 1.165) is 5.56 Å². The quantitative estimate of drug-likeness (QED) is 0.778. The van der Waals surface area contributed by atoms with Crippen molar-refractivity contribution in [3.63, 3.8) is 0 Å². The Morgan fingerprint density at radius 1 is 1.27 bits per heavy atom. The second-order valence-corrected chi connectivity index (χ2v) is 6.30. The number of aromatic carboxylic acids is 1. The van der Waals surface area contributed by atoms with Crippen molar-refractivity contribution in [1.82, 2.24) is 9.55 Å². The van der Waals surface area contributed by atoms with E-state index in [2.05, 4.69) is 4.98 Å². The Morgan fingerprint density at radius 3 is 2.62 bits per heavy atom. The van der Waals surface area contributed by atoms with Crippen molar-refractivity contribution < 1.29 is 19.0 Å². The molecule has 0 spiro atoms. The fourth-order valence-corrected chi connectivity index (χ4v) is 3.01. The second kappa shape index (κ2) is 6.34. The summed E-state index contributed by atoms with van der Waals surface area (Å²) in [7, 11) is 0. The fraction of sp³-hybridized carbons (Fsp3) is 0.211. The predicted octanol–water partition coefficient (Wildman–Crippen LogP) is 2.40. The van der Waals surface area contributed by atoms with E-state index in [4.69, 9.17) is 4.74 Å². The van der Waals surface area contributed by atoms with Crippen LogP contribution in [0, 0.1) is 5.82 Å². The minimum Gasteiger partial charge on any atom is -0.477 e. The molecule has 1 saturated heterocycles. The van der Waals surface area contributed by atoms with Crippen LogP contribution in [0.2, 0.25) is 0 Å². The molecule has 7 heteroatoms. The van der Waals surface area contributed by atoms with Crippen molar-refractivity contribution >= 4 is 17.0 Å². The molecule has 0 amide bonds. The van der Waals surface area contributed by atoms with E-state index >= 15 is 0 Å². The summed E-state index contributed by atoms with van der Waals surface area (Å²) in [4.78, 5) is 28.5. The number of carboxylic acids is 1. The molecule has 1 fully saturated rings. The van der Waals surface area contributed by atoms with Crippen LogP contribution in [0.25, 0.3) is 11.0 Å². The van der Waals surface area contributed by atoms with Gasteiger partial charge in [-0.25, -0.2) is 14.2 Å². The number of benzene rings is 1. The molecular formula is C19H15FN2O4. The highest BCUT2D eigenvalue weighted by atomic mass is 19.1. The third-order valence-corrected chi connectivity index (χ3v) is 4.54. The second-order valence-electron chi connectivity index (χ2n) is 6.30. The van der Waals surface area contributed by atoms with E-state index in [1.807, 2.05) is 6.07 Å². The van der Waals surface area contributed by atoms with E-state index in [1.165, 1.54) is 22.8 Å². The lowest BCUT2D eigenvalue weighted by atomic mass is 9.98. The molecule has 1 aliphatic heterocycles. The van der Waals surface area contributed by atoms with Crippen LogP contribution >= 0.6 is 0 Å². The van der Waals surface area contributed by atoms with Gasteiger partial charge in [-0.15, -0.1) is 0 Å². The van der Waals surface area contributed by atoms with Gasteiger partial charge in [0.05, 0.1) is 19.8 Å². The van der Waals surface area contributed by atoms with E-state index in [1.54, 1.807) is 18.3 Å². The summed E-state index contributed by atoms with van der Waals surface area (Å²) < 4.78 is 19.6. The van der Waals surface area contributed by atoms with Crippen molar-refractivity contribution in [2.45, 2.75) is 12.5 Å². The predicted molar refractivity (Wildman–Crippen MR) is 92.0 cm³/mol. The molecule has 0 bridgehead atoms. The number of hydrogen-bond acceptors (Lipinski definition) is 4. The van der Waals surface area contributed by atoms with Crippen LogP contribution in [0.3, 0.4) is 0 Å². The number of fused-ring (bicyclic) bond motifs is 1. The number of nitrogens with zero attached hydrogens (tertiary/aromatic N) is 2. The molecule has 6 nitrogen and oxygen atoms in total. The molecule has 1 N–H and O–H groups in total. The summed E-state index contributed by atoms with van der Waals surface area (Å²) in [6.45, 7) is 1.32. The first kappa shape index (κ1) is 16.4. The fourth-order valence-electron chi connectivity index (χ4n) is 3.01. The number of carboxylic acid groups (broad SMARTS) is 1. The molecule has 0 saturated carbocycles. The molecule has 0 aliphatic carbocycles. The number of rotatable bonds is 4. The third kappa shape index (κ3) is 2.86. The normalized spacial score (nSPS) is 14.3. The van der Waals surface area contributed by atoms with Crippen molar-refractivity contribution in [2.75, 3.05) is 13.2 Å². The topological polar surface area (TPSA) is 81.4 Å². The SMILES string of the molecule is O=C(O)c1cc2cc(C3COC3)cnc2n(Cc2ccc(F)cc2)c1=O. The van der Waals surface area contributed by atoms with Crippen LogP contribution in [0.15, 0.2) is 47.4 Å². The van der Waals surface area contributed by atoms with Gasteiger partial charge in [0, 0.05) is 17.5 Å². The van der Waals surface area contributed by atoms with Gasteiger partial charge in [-0.1, -0.05) is 12.1 Å². The molecule has 1 aromatic carbocycles. The van der Waals surface area contributed by atoms with E-state index in [9.17, 15) is 19.1 Å². The van der Waals surface area contributed by atoms with Crippen LogP contribution in [0.4, 0.5) is 4.39 Å². The number of aromatic nitrogens is 2. The van der Waals surface area contributed by atoms with Crippen molar-refractivity contribution in [1.29, 1.82) is 0 Å². The van der Waals surface area contributed by atoms with Gasteiger partial charge in [0.15, 0.2) is 0 Å². The molecule has 2 aromatic heterocycles. The van der Waals surface area contributed by atoms with Gasteiger partial charge in [-0.05, 0) is 35.4 Å². The summed E-state index contributed by atoms with van der Waals surface area (Å²) in [5.41, 5.74) is 1.07. The highest BCUT2D eigenvalue weighted by Gasteiger charge is 2.22. The van der Waals surface area contributed by atoms with Crippen LogP contribution in [0.5, 0.6) is 0 Å². The Morgan fingerprint density at radius 2 is 2.00 bits per heavy atom. The average molecular weight is 354 g/mol. The minimum atomic E-state index is -1.29. The third-order valence-electron chi connectivity index (χ3n) is 4.54. The monoisotopic (exact) mass is 354 g/mol. The van der Waals surface area contributed by atoms with Crippen molar-refractivity contribution in [2.24, 2.45) is 0 Å². The van der Waals surface area contributed by atoms with Crippen molar-refractivity contribution in [3.8, 4) is 0 Å². The zero-order chi connectivity index (χ0) is 18.3. The standard InChI is InChI=1S/C19H15FN2O4/c20-15-3-1-11(2-4-15)8-22-17-12(6-16(18(22)23)19(24)25)5-13(7-21-17)14-9-26-10-14/h1-7,14H,8-10H2,(H,24,25). The lowest BCUT2D eigenvalue weighted by molar-refractivity contribution is 0.00835. The van der Waals surface area contributed by atoms with Gasteiger partial charge in [0.2, 0.25) is 0 Å². The maximum atomic E-state index is 13.1. The van der Waals surface area contributed by atoms with Crippen LogP contribution < -0.4 is 5.56 Å². The Hall–Kier alpha value is -3.06. The Bertz CT molecular complexity index is 1060. The zero-order valence-corrected chi connectivity index (χ0v) is 13.7. The van der Waals surface area contributed by atoms with Gasteiger partial charge in [-0.3, -0.25) is 9.36 Å². The minimum absolute atomic E-state index is 0.107. The first-order valence-corrected chi connectivity index (χ1v) is 8.12. The Balaban J connectivity index is 1.87. The number of pyridine rings is 2. The number of ether oxygens (including phenoxy) is 1. The summed E-state index contributed by atoms with van der Waals surface area (Å²) in [6, 6.07) is 8.92. The summed E-state index contributed by atoms with van der Waals surface area (Å²) >= 11 is 0. The van der Waals surface area contributed by atoms with Gasteiger partial charge >= 0.3 is 5.97 Å². The Kier molecular flexibility index (Phi) is 4.00. The first-order valence-electron chi connectivity index (χ1n) is 8.12. The van der Waals surface area contributed by atoms with Crippen molar-refractivity contribution in [3.05, 3.63) is 75.5 Å². The maximum Gasteiger partial charge on any atom is 0.341 e. The molecule has 26 heavy (non-hydrogen) atoms. The Labute approximate surface area is 147 Å². The van der Waals surface area contributed by atoms with Crippen LogP contribution in [-0.2, 0) is 11.3 Å². The molecule has 132 valence electrons. The van der Waals surface area contributed by atoms with E-state index in [-0.39, 0.29) is 23.8 Å². The van der Waals surface area contributed by atoms with Crippen LogP contribution in [-0.4, -0.2) is 33.8 Å². The molecule has 0 radical (unpaired) electrons. The lowest BCUT2D eigenvalue weighted by Gasteiger charge is -2.26. The molecule has 3 heterocycles. The highest BCUT2D eigenvalue weighted by molar-refractivity contribution is 5.91. The highest BCUT2D eigenvalue weighted by Crippen LogP contribution is 2.26. The lowest BCUT2D eigenvalue weighted by Crippen LogP contribution is -2.28. The molecule has 3 aromatic rings. The summed E-state index contributed by atoms with van der Waals surface area (Å²) in [5.74, 6) is -1.43. The molecular weight excluding hydrogens is 339 g/mol. The molecule has 0 atom stereocenters. The van der Waals surface area contributed by atoms with E-state index in [0.29, 0.717) is 29.8 Å².